The Kier molecular flexibility index (Phi) is 3.84. The Morgan fingerprint density at radius 2 is 2.06 bits per heavy atom. The van der Waals surface area contributed by atoms with Crippen molar-refractivity contribution in [3.05, 3.63) is 52.7 Å². The highest BCUT2D eigenvalue weighted by Gasteiger charge is 2.05. The molecule has 0 fully saturated rings. The van der Waals surface area contributed by atoms with E-state index in [1.54, 1.807) is 12.3 Å². The van der Waals surface area contributed by atoms with Crippen molar-refractivity contribution in [2.24, 2.45) is 5.73 Å². The Morgan fingerprint density at radius 3 is 2.61 bits per heavy atom. The van der Waals surface area contributed by atoms with E-state index in [0.717, 1.165) is 11.1 Å². The summed E-state index contributed by atoms with van der Waals surface area (Å²) in [5, 5.41) is 0.577. The van der Waals surface area contributed by atoms with Crippen molar-refractivity contribution >= 4 is 11.6 Å². The predicted octanol–water partition coefficient (Wildman–Crippen LogP) is 3.86. The van der Waals surface area contributed by atoms with E-state index >= 15 is 0 Å². The Morgan fingerprint density at radius 1 is 1.28 bits per heavy atom. The van der Waals surface area contributed by atoms with Gasteiger partial charge in [-0.3, -0.25) is 0 Å². The second-order valence-electron chi connectivity index (χ2n) is 4.25. The van der Waals surface area contributed by atoms with Crippen molar-refractivity contribution in [3.8, 4) is 11.6 Å². The van der Waals surface area contributed by atoms with Crippen molar-refractivity contribution in [1.29, 1.82) is 0 Å². The zero-order valence-corrected chi connectivity index (χ0v) is 11.1. The molecule has 0 bridgehead atoms. The Labute approximate surface area is 112 Å². The molecule has 0 aliphatic carbocycles. The normalized spacial score (nSPS) is 12.2. The summed E-state index contributed by atoms with van der Waals surface area (Å²) in [5.74, 6) is 1.11. The number of rotatable bonds is 3. The monoisotopic (exact) mass is 262 g/mol. The first-order valence-corrected chi connectivity index (χ1v) is 6.09. The molecule has 0 aliphatic heterocycles. The van der Waals surface area contributed by atoms with Crippen LogP contribution in [-0.4, -0.2) is 4.98 Å². The largest absolute Gasteiger partial charge is 0.437 e. The highest BCUT2D eigenvalue weighted by atomic mass is 35.5. The molecule has 1 heterocycles. The van der Waals surface area contributed by atoms with Crippen molar-refractivity contribution < 1.29 is 4.74 Å². The SMILES string of the molecule is Cc1ccc(Oc2ccc(C(C)N)cn2)c(Cl)c1. The van der Waals surface area contributed by atoms with Crippen molar-refractivity contribution in [1.82, 2.24) is 4.98 Å². The lowest BCUT2D eigenvalue weighted by molar-refractivity contribution is 0.462. The molecule has 4 heteroatoms. The molecular formula is C14H15ClN2O. The number of halogens is 1. The van der Waals surface area contributed by atoms with Gasteiger partial charge in [0.15, 0.2) is 0 Å². The van der Waals surface area contributed by atoms with Crippen LogP contribution in [0.4, 0.5) is 0 Å². The van der Waals surface area contributed by atoms with E-state index in [0.29, 0.717) is 16.7 Å². The molecule has 0 aliphatic rings. The molecule has 0 saturated heterocycles. The fourth-order valence-electron chi connectivity index (χ4n) is 1.52. The van der Waals surface area contributed by atoms with Gasteiger partial charge in [-0.05, 0) is 37.1 Å². The quantitative estimate of drug-likeness (QED) is 0.914. The van der Waals surface area contributed by atoms with Gasteiger partial charge < -0.3 is 10.5 Å². The number of hydrogen-bond acceptors (Lipinski definition) is 3. The van der Waals surface area contributed by atoms with E-state index in [-0.39, 0.29) is 6.04 Å². The number of aryl methyl sites for hydroxylation is 1. The molecular weight excluding hydrogens is 248 g/mol. The zero-order valence-electron chi connectivity index (χ0n) is 10.4. The standard InChI is InChI=1S/C14H15ClN2O/c1-9-3-5-13(12(15)7-9)18-14-6-4-11(8-17-14)10(2)16/h3-8,10H,16H2,1-2H3. The third-order valence-electron chi connectivity index (χ3n) is 2.59. The maximum absolute atomic E-state index is 6.09. The third-order valence-corrected chi connectivity index (χ3v) is 2.88. The number of aromatic nitrogens is 1. The summed E-state index contributed by atoms with van der Waals surface area (Å²) in [4.78, 5) is 4.20. The smallest absolute Gasteiger partial charge is 0.219 e. The average molecular weight is 263 g/mol. The van der Waals surface area contributed by atoms with E-state index in [1.165, 1.54) is 0 Å². The second kappa shape index (κ2) is 5.38. The van der Waals surface area contributed by atoms with Crippen LogP contribution in [0.3, 0.4) is 0 Å². The molecule has 0 saturated carbocycles. The van der Waals surface area contributed by atoms with Gasteiger partial charge in [0.25, 0.3) is 0 Å². The van der Waals surface area contributed by atoms with E-state index < -0.39 is 0 Å². The molecule has 94 valence electrons. The van der Waals surface area contributed by atoms with Crippen LogP contribution in [0.25, 0.3) is 0 Å². The number of ether oxygens (including phenoxy) is 1. The predicted molar refractivity (Wildman–Crippen MR) is 73.1 cm³/mol. The number of pyridine rings is 1. The van der Waals surface area contributed by atoms with E-state index in [2.05, 4.69) is 4.98 Å². The van der Waals surface area contributed by atoms with Gasteiger partial charge in [-0.15, -0.1) is 0 Å². The first-order chi connectivity index (χ1) is 8.56. The van der Waals surface area contributed by atoms with Crippen LogP contribution < -0.4 is 10.5 Å². The summed E-state index contributed by atoms with van der Waals surface area (Å²) in [6, 6.07) is 9.28. The minimum absolute atomic E-state index is 0.0329. The summed E-state index contributed by atoms with van der Waals surface area (Å²) in [6.07, 6.45) is 1.71. The lowest BCUT2D eigenvalue weighted by Crippen LogP contribution is -2.05. The minimum Gasteiger partial charge on any atom is -0.437 e. The number of nitrogens with two attached hydrogens (primary N) is 1. The van der Waals surface area contributed by atoms with E-state index in [1.807, 2.05) is 38.1 Å². The van der Waals surface area contributed by atoms with Gasteiger partial charge in [-0.2, -0.15) is 0 Å². The summed E-state index contributed by atoms with van der Waals surface area (Å²) < 4.78 is 5.61. The lowest BCUT2D eigenvalue weighted by atomic mass is 10.2. The first kappa shape index (κ1) is 12.9. The topological polar surface area (TPSA) is 48.1 Å². The molecule has 1 aromatic carbocycles. The minimum atomic E-state index is -0.0329. The molecule has 2 aromatic rings. The van der Waals surface area contributed by atoms with Crippen LogP contribution in [0.15, 0.2) is 36.5 Å². The molecule has 0 amide bonds. The second-order valence-corrected chi connectivity index (χ2v) is 4.66. The highest BCUT2D eigenvalue weighted by molar-refractivity contribution is 6.32. The van der Waals surface area contributed by atoms with Crippen molar-refractivity contribution in [2.75, 3.05) is 0 Å². The van der Waals surface area contributed by atoms with E-state index in [4.69, 9.17) is 22.1 Å². The maximum Gasteiger partial charge on any atom is 0.219 e. The summed E-state index contributed by atoms with van der Waals surface area (Å²) >= 11 is 6.09. The highest BCUT2D eigenvalue weighted by Crippen LogP contribution is 2.29. The van der Waals surface area contributed by atoms with Gasteiger partial charge in [-0.25, -0.2) is 4.98 Å². The van der Waals surface area contributed by atoms with Crippen LogP contribution in [0.5, 0.6) is 11.6 Å². The van der Waals surface area contributed by atoms with Crippen LogP contribution in [0, 0.1) is 6.92 Å². The number of hydrogen-bond donors (Lipinski definition) is 1. The van der Waals surface area contributed by atoms with Crippen molar-refractivity contribution in [2.45, 2.75) is 19.9 Å². The molecule has 2 N–H and O–H groups in total. The Balaban J connectivity index is 2.18. The zero-order chi connectivity index (χ0) is 13.1. The number of nitrogens with zero attached hydrogens (tertiary/aromatic N) is 1. The Bertz CT molecular complexity index is 538. The average Bonchev–Trinajstić information content (AvgIpc) is 2.33. The fraction of sp³-hybridized carbons (Fsp3) is 0.214. The van der Waals surface area contributed by atoms with Gasteiger partial charge in [-0.1, -0.05) is 23.7 Å². The van der Waals surface area contributed by atoms with Crippen LogP contribution in [0.1, 0.15) is 24.1 Å². The lowest BCUT2D eigenvalue weighted by Gasteiger charge is -2.09. The number of benzene rings is 1. The molecule has 18 heavy (non-hydrogen) atoms. The van der Waals surface area contributed by atoms with Crippen LogP contribution in [-0.2, 0) is 0 Å². The fourth-order valence-corrected chi connectivity index (χ4v) is 1.80. The van der Waals surface area contributed by atoms with Gasteiger partial charge >= 0.3 is 0 Å². The van der Waals surface area contributed by atoms with Gasteiger partial charge in [0.05, 0.1) is 5.02 Å². The van der Waals surface area contributed by atoms with Crippen molar-refractivity contribution in [3.63, 3.8) is 0 Å². The molecule has 0 spiro atoms. The first-order valence-electron chi connectivity index (χ1n) is 5.72. The molecule has 1 atom stereocenters. The molecule has 0 radical (unpaired) electrons. The summed E-state index contributed by atoms with van der Waals surface area (Å²) in [6.45, 7) is 3.89. The van der Waals surface area contributed by atoms with Gasteiger partial charge in [0.2, 0.25) is 5.88 Å². The Hall–Kier alpha value is -1.58. The van der Waals surface area contributed by atoms with Gasteiger partial charge in [0, 0.05) is 18.3 Å². The summed E-state index contributed by atoms with van der Waals surface area (Å²) in [5.41, 5.74) is 7.82. The van der Waals surface area contributed by atoms with Crippen LogP contribution in [0.2, 0.25) is 5.02 Å². The third kappa shape index (κ3) is 3.00. The molecule has 2 rings (SSSR count). The van der Waals surface area contributed by atoms with Gasteiger partial charge in [0.1, 0.15) is 5.75 Å². The molecule has 3 nitrogen and oxygen atoms in total. The van der Waals surface area contributed by atoms with E-state index in [9.17, 15) is 0 Å². The van der Waals surface area contributed by atoms with Crippen LogP contribution >= 0.6 is 11.6 Å². The maximum atomic E-state index is 6.09. The molecule has 1 aromatic heterocycles. The molecule has 1 unspecified atom stereocenters. The summed E-state index contributed by atoms with van der Waals surface area (Å²) in [7, 11) is 0.